The topological polar surface area (TPSA) is 140 Å². The Balaban J connectivity index is 1.21. The fraction of sp³-hybridized carbons (Fsp3) is 0.500. The van der Waals surface area contributed by atoms with E-state index >= 15 is 0 Å². The van der Waals surface area contributed by atoms with Gasteiger partial charge in [-0.05, 0) is 0 Å². The molecule has 0 aromatic carbocycles. The normalized spacial score (nSPS) is 25.4. The Kier molecular flexibility index (Phi) is 7.56. The summed E-state index contributed by atoms with van der Waals surface area (Å²) in [7, 11) is 3.14. The number of nitrogens with zero attached hydrogens (tertiary/aromatic N) is 4. The highest BCUT2D eigenvalue weighted by Gasteiger charge is 2.30. The molecule has 0 saturated carbocycles. The molecule has 0 bridgehead atoms. The molecule has 2 aromatic rings. The van der Waals surface area contributed by atoms with E-state index in [1.54, 1.807) is 21.6 Å². The molecular formula is C16H18F2N6O4S4. The zero-order valence-electron chi connectivity index (χ0n) is 16.3. The predicted octanol–water partition coefficient (Wildman–Crippen LogP) is 1.50. The van der Waals surface area contributed by atoms with E-state index in [2.05, 4.69) is 9.97 Å². The zero-order valence-corrected chi connectivity index (χ0v) is 19.5. The molecule has 4 unspecified atom stereocenters. The van der Waals surface area contributed by atoms with Crippen LogP contribution in [0.1, 0.15) is 12.5 Å². The molecule has 4 N–H and O–H groups in total. The predicted molar refractivity (Wildman–Crippen MR) is 123 cm³/mol. The van der Waals surface area contributed by atoms with Gasteiger partial charge in [-0.3, -0.25) is 9.13 Å². The molecule has 2 saturated heterocycles. The molecule has 2 aromatic heterocycles. The number of halogens is 2. The minimum Gasteiger partial charge on any atom is -0.381 e. The summed E-state index contributed by atoms with van der Waals surface area (Å²) < 4.78 is 41.1. The lowest BCUT2D eigenvalue weighted by atomic mass is 10.5. The van der Waals surface area contributed by atoms with Gasteiger partial charge in [-0.2, -0.15) is 9.97 Å². The van der Waals surface area contributed by atoms with Crippen molar-refractivity contribution in [3.8, 4) is 0 Å². The SMILES string of the molecule is Nc1nc(=O)n(C2CSC(CSSCC3OC(n4cc(F)c(N)nc4=O)CS3)O2)cc1F. The van der Waals surface area contributed by atoms with Gasteiger partial charge in [0.05, 0.1) is 12.4 Å². The van der Waals surface area contributed by atoms with Crippen LogP contribution in [-0.4, -0.2) is 53.0 Å². The Labute approximate surface area is 196 Å². The smallest absolute Gasteiger partial charge is 0.351 e. The van der Waals surface area contributed by atoms with Crippen molar-refractivity contribution in [1.29, 1.82) is 0 Å². The largest absolute Gasteiger partial charge is 0.381 e. The summed E-state index contributed by atoms with van der Waals surface area (Å²) >= 11 is 3.05. The van der Waals surface area contributed by atoms with Gasteiger partial charge in [0.1, 0.15) is 23.3 Å². The Bertz CT molecular complexity index is 1020. The van der Waals surface area contributed by atoms with Crippen LogP contribution in [0.5, 0.6) is 0 Å². The molecule has 10 nitrogen and oxygen atoms in total. The number of nitrogen functional groups attached to an aromatic ring is 2. The number of thioether (sulfide) groups is 2. The maximum atomic E-state index is 13.6. The number of ether oxygens (including phenoxy) is 2. The molecular weight excluding hydrogens is 506 g/mol. The second-order valence-electron chi connectivity index (χ2n) is 6.60. The number of hydrogen-bond donors (Lipinski definition) is 2. The molecule has 2 aliphatic heterocycles. The van der Waals surface area contributed by atoms with Crippen molar-refractivity contribution < 1.29 is 18.3 Å². The van der Waals surface area contributed by atoms with E-state index in [1.165, 1.54) is 23.5 Å². The summed E-state index contributed by atoms with van der Waals surface area (Å²) in [6, 6.07) is 0. The van der Waals surface area contributed by atoms with Gasteiger partial charge in [0.25, 0.3) is 0 Å². The van der Waals surface area contributed by atoms with Crippen molar-refractivity contribution in [2.75, 3.05) is 34.5 Å². The number of rotatable bonds is 7. The molecule has 4 atom stereocenters. The highest BCUT2D eigenvalue weighted by Crippen LogP contribution is 2.39. The standard InChI is InChI=1S/C16H18F2N6O4S4/c17-7-1-23(15(25)21-13(7)19)9-3-29-11(27-9)5-31-32-6-12-28-10(4-30-12)24-2-8(18)14(20)22-16(24)26/h1-2,9-12H,3-6H2,(H2,19,21,25)(H2,20,22,26). The first-order chi connectivity index (χ1) is 15.3. The van der Waals surface area contributed by atoms with E-state index < -0.39 is 47.1 Å². The highest BCUT2D eigenvalue weighted by molar-refractivity contribution is 8.76. The van der Waals surface area contributed by atoms with Gasteiger partial charge in [-0.25, -0.2) is 18.4 Å². The maximum absolute atomic E-state index is 13.6. The minimum absolute atomic E-state index is 0.169. The summed E-state index contributed by atoms with van der Waals surface area (Å²) in [6.45, 7) is 0. The van der Waals surface area contributed by atoms with Crippen molar-refractivity contribution in [2.45, 2.75) is 23.3 Å². The van der Waals surface area contributed by atoms with Gasteiger partial charge in [-0.1, -0.05) is 21.6 Å². The van der Waals surface area contributed by atoms with Crippen LogP contribution in [0.15, 0.2) is 22.0 Å². The summed E-state index contributed by atoms with van der Waals surface area (Å²) in [6.07, 6.45) is 0.817. The number of aromatic nitrogens is 4. The summed E-state index contributed by atoms with van der Waals surface area (Å²) in [4.78, 5) is 30.7. The van der Waals surface area contributed by atoms with E-state index in [0.29, 0.717) is 23.0 Å². The van der Waals surface area contributed by atoms with Gasteiger partial charge in [-0.15, -0.1) is 23.5 Å². The van der Waals surface area contributed by atoms with Crippen LogP contribution in [-0.2, 0) is 9.47 Å². The summed E-state index contributed by atoms with van der Waals surface area (Å²) in [5.41, 5.74) is 8.96. The van der Waals surface area contributed by atoms with Crippen LogP contribution in [0.25, 0.3) is 0 Å². The zero-order chi connectivity index (χ0) is 22.8. The van der Waals surface area contributed by atoms with E-state index in [4.69, 9.17) is 20.9 Å². The van der Waals surface area contributed by atoms with Gasteiger partial charge in [0.2, 0.25) is 0 Å². The third kappa shape index (κ3) is 5.36. The first-order valence-electron chi connectivity index (χ1n) is 9.18. The monoisotopic (exact) mass is 524 g/mol. The lowest BCUT2D eigenvalue weighted by molar-refractivity contribution is 0.0245. The fourth-order valence-corrected chi connectivity index (χ4v) is 8.12. The third-order valence-corrected chi connectivity index (χ3v) is 9.48. The molecule has 2 aliphatic rings. The maximum Gasteiger partial charge on any atom is 0.351 e. The molecule has 2 fully saturated rings. The minimum atomic E-state index is -0.765. The van der Waals surface area contributed by atoms with Crippen LogP contribution in [0, 0.1) is 11.6 Å². The van der Waals surface area contributed by atoms with E-state index in [0.717, 1.165) is 21.5 Å². The fourth-order valence-electron chi connectivity index (χ4n) is 2.89. The van der Waals surface area contributed by atoms with Gasteiger partial charge in [0, 0.05) is 23.0 Å². The first kappa shape index (κ1) is 23.7. The lowest BCUT2D eigenvalue weighted by Crippen LogP contribution is -2.29. The van der Waals surface area contributed by atoms with Crippen molar-refractivity contribution in [1.82, 2.24) is 19.1 Å². The Morgan fingerprint density at radius 2 is 1.31 bits per heavy atom. The number of anilines is 2. The molecule has 0 radical (unpaired) electrons. The van der Waals surface area contributed by atoms with Crippen LogP contribution in [0.3, 0.4) is 0 Å². The van der Waals surface area contributed by atoms with Crippen molar-refractivity contribution in [3.05, 3.63) is 45.0 Å². The third-order valence-electron chi connectivity index (χ3n) is 4.45. The average Bonchev–Trinajstić information content (AvgIpc) is 3.40. The van der Waals surface area contributed by atoms with Crippen molar-refractivity contribution >= 4 is 56.7 Å². The molecule has 0 amide bonds. The van der Waals surface area contributed by atoms with Crippen molar-refractivity contribution in [2.24, 2.45) is 0 Å². The number of nitrogens with two attached hydrogens (primary N) is 2. The van der Waals surface area contributed by atoms with Gasteiger partial charge in [0.15, 0.2) is 23.3 Å². The molecule has 0 aliphatic carbocycles. The van der Waals surface area contributed by atoms with E-state index in [-0.39, 0.29) is 10.9 Å². The number of hydrogen-bond acceptors (Lipinski definition) is 12. The van der Waals surface area contributed by atoms with Crippen LogP contribution >= 0.6 is 45.1 Å². The Morgan fingerprint density at radius 1 is 0.906 bits per heavy atom. The van der Waals surface area contributed by atoms with Gasteiger partial charge < -0.3 is 20.9 Å². The lowest BCUT2D eigenvalue weighted by Gasteiger charge is -2.15. The summed E-state index contributed by atoms with van der Waals surface area (Å²) in [5.74, 6) is -0.139. The second kappa shape index (κ2) is 10.2. The van der Waals surface area contributed by atoms with Gasteiger partial charge >= 0.3 is 11.4 Å². The quantitative estimate of drug-likeness (QED) is 0.401. The molecule has 16 heteroatoms. The first-order valence-corrected chi connectivity index (χ1v) is 13.8. The molecule has 174 valence electrons. The highest BCUT2D eigenvalue weighted by atomic mass is 33.1. The Morgan fingerprint density at radius 3 is 1.72 bits per heavy atom. The molecule has 0 spiro atoms. The van der Waals surface area contributed by atoms with Crippen LogP contribution in [0.4, 0.5) is 20.4 Å². The van der Waals surface area contributed by atoms with E-state index in [1.807, 2.05) is 0 Å². The van der Waals surface area contributed by atoms with Crippen LogP contribution in [0.2, 0.25) is 0 Å². The Hall–Kier alpha value is -1.46. The van der Waals surface area contributed by atoms with Crippen LogP contribution < -0.4 is 22.8 Å². The molecule has 32 heavy (non-hydrogen) atoms. The summed E-state index contributed by atoms with van der Waals surface area (Å²) in [5, 5.41) is 0. The second-order valence-corrected chi connectivity index (χ2v) is 11.5. The van der Waals surface area contributed by atoms with Crippen molar-refractivity contribution in [3.63, 3.8) is 0 Å². The molecule has 4 rings (SSSR count). The van der Waals surface area contributed by atoms with E-state index in [9.17, 15) is 18.4 Å². The average molecular weight is 525 g/mol. The molecule has 4 heterocycles.